The molecular formula is C25H29N3O3. The fraction of sp³-hybridized carbons (Fsp3) is 0.320. The minimum atomic E-state index is -0.538. The Bertz CT molecular complexity index is 1050. The summed E-state index contributed by atoms with van der Waals surface area (Å²) in [4.78, 5) is 25.2. The lowest BCUT2D eigenvalue weighted by Crippen LogP contribution is -2.22. The smallest absolute Gasteiger partial charge is 0.342 e. The van der Waals surface area contributed by atoms with Crippen LogP contribution in [0.25, 0.3) is 0 Å². The second kappa shape index (κ2) is 10.1. The molecule has 0 radical (unpaired) electrons. The van der Waals surface area contributed by atoms with E-state index in [0.29, 0.717) is 17.8 Å². The van der Waals surface area contributed by atoms with Gasteiger partial charge in [0.1, 0.15) is 5.56 Å². The van der Waals surface area contributed by atoms with Crippen molar-refractivity contribution in [2.45, 2.75) is 47.1 Å². The van der Waals surface area contributed by atoms with Crippen molar-refractivity contribution < 1.29 is 14.3 Å². The summed E-state index contributed by atoms with van der Waals surface area (Å²) in [7, 11) is 0. The van der Waals surface area contributed by atoms with Gasteiger partial charge in [0.2, 0.25) is 0 Å². The maximum absolute atomic E-state index is 12.7. The van der Waals surface area contributed by atoms with Gasteiger partial charge in [-0.15, -0.1) is 0 Å². The highest BCUT2D eigenvalue weighted by molar-refractivity contribution is 5.97. The van der Waals surface area contributed by atoms with Crippen LogP contribution in [0.4, 0.5) is 5.69 Å². The van der Waals surface area contributed by atoms with E-state index in [0.717, 1.165) is 40.9 Å². The van der Waals surface area contributed by atoms with Crippen LogP contribution in [0.1, 0.15) is 52.3 Å². The van der Waals surface area contributed by atoms with Crippen molar-refractivity contribution >= 4 is 17.6 Å². The second-order valence-corrected chi connectivity index (χ2v) is 7.47. The minimum absolute atomic E-state index is 0.344. The Hall–Kier alpha value is -3.41. The molecule has 2 aromatic carbocycles. The Kier molecular flexibility index (Phi) is 7.23. The summed E-state index contributed by atoms with van der Waals surface area (Å²) in [5, 5.41) is 7.40. The number of carbonyl (C=O) groups excluding carboxylic acids is 2. The average molecular weight is 420 g/mol. The van der Waals surface area contributed by atoms with E-state index in [1.165, 1.54) is 0 Å². The normalized spacial score (nSPS) is 10.7. The first-order chi connectivity index (χ1) is 14.9. The number of benzene rings is 2. The van der Waals surface area contributed by atoms with Gasteiger partial charge < -0.3 is 10.1 Å². The SMILES string of the molecule is CCc1cccc(CC)c1NC(=O)COC(=O)c1c(C)nn(Cc2ccccc2)c1C. The number of amides is 1. The van der Waals surface area contributed by atoms with E-state index in [1.807, 2.05) is 69.3 Å². The molecule has 1 aromatic heterocycles. The summed E-state index contributed by atoms with van der Waals surface area (Å²) >= 11 is 0. The maximum atomic E-state index is 12.7. The first-order valence-electron chi connectivity index (χ1n) is 10.6. The van der Waals surface area contributed by atoms with Gasteiger partial charge in [-0.05, 0) is 43.4 Å². The van der Waals surface area contributed by atoms with Crippen LogP contribution in [0.15, 0.2) is 48.5 Å². The Morgan fingerprint density at radius 1 is 0.968 bits per heavy atom. The molecule has 3 rings (SSSR count). The van der Waals surface area contributed by atoms with Gasteiger partial charge in [-0.25, -0.2) is 4.79 Å². The fourth-order valence-corrected chi connectivity index (χ4v) is 3.68. The van der Waals surface area contributed by atoms with Crippen molar-refractivity contribution in [3.05, 3.63) is 82.2 Å². The lowest BCUT2D eigenvalue weighted by atomic mass is 10.0. The van der Waals surface area contributed by atoms with Gasteiger partial charge in [0.05, 0.1) is 17.9 Å². The van der Waals surface area contributed by atoms with E-state index in [4.69, 9.17) is 4.74 Å². The van der Waals surface area contributed by atoms with E-state index < -0.39 is 5.97 Å². The Morgan fingerprint density at radius 2 is 1.61 bits per heavy atom. The summed E-state index contributed by atoms with van der Waals surface area (Å²) in [5.74, 6) is -0.889. The number of ether oxygens (including phenoxy) is 1. The summed E-state index contributed by atoms with van der Waals surface area (Å²) in [6.07, 6.45) is 1.62. The molecule has 0 fully saturated rings. The van der Waals surface area contributed by atoms with Gasteiger partial charge in [0, 0.05) is 5.69 Å². The molecule has 0 atom stereocenters. The van der Waals surface area contributed by atoms with Crippen molar-refractivity contribution in [1.29, 1.82) is 0 Å². The van der Waals surface area contributed by atoms with Crippen molar-refractivity contribution in [2.75, 3.05) is 11.9 Å². The van der Waals surface area contributed by atoms with E-state index in [9.17, 15) is 9.59 Å². The van der Waals surface area contributed by atoms with Gasteiger partial charge >= 0.3 is 5.97 Å². The van der Waals surface area contributed by atoms with Crippen LogP contribution in [-0.2, 0) is 28.9 Å². The zero-order valence-corrected chi connectivity index (χ0v) is 18.6. The van der Waals surface area contributed by atoms with Crippen molar-refractivity contribution in [3.8, 4) is 0 Å². The van der Waals surface area contributed by atoms with Crippen LogP contribution in [0.5, 0.6) is 0 Å². The molecule has 0 aliphatic carbocycles. The lowest BCUT2D eigenvalue weighted by Gasteiger charge is -2.14. The Balaban J connectivity index is 1.67. The number of nitrogens with one attached hydrogen (secondary N) is 1. The largest absolute Gasteiger partial charge is 0.452 e. The summed E-state index contributed by atoms with van der Waals surface area (Å²) in [6, 6.07) is 15.9. The maximum Gasteiger partial charge on any atom is 0.342 e. The average Bonchev–Trinajstić information content (AvgIpc) is 3.05. The van der Waals surface area contributed by atoms with Crippen LogP contribution < -0.4 is 5.32 Å². The number of esters is 1. The summed E-state index contributed by atoms with van der Waals surface area (Å²) < 4.78 is 7.11. The Morgan fingerprint density at radius 3 is 2.23 bits per heavy atom. The Labute approximate surface area is 183 Å². The fourth-order valence-electron chi connectivity index (χ4n) is 3.68. The van der Waals surface area contributed by atoms with Crippen molar-refractivity contribution in [1.82, 2.24) is 9.78 Å². The monoisotopic (exact) mass is 419 g/mol. The molecule has 1 N–H and O–H groups in total. The molecule has 162 valence electrons. The molecule has 0 aliphatic heterocycles. The lowest BCUT2D eigenvalue weighted by molar-refractivity contribution is -0.119. The first kappa shape index (κ1) is 22.3. The second-order valence-electron chi connectivity index (χ2n) is 7.47. The minimum Gasteiger partial charge on any atom is -0.452 e. The summed E-state index contributed by atoms with van der Waals surface area (Å²) in [6.45, 7) is 7.92. The molecule has 0 bridgehead atoms. The number of rotatable bonds is 8. The first-order valence-corrected chi connectivity index (χ1v) is 10.6. The topological polar surface area (TPSA) is 73.2 Å². The quantitative estimate of drug-likeness (QED) is 0.547. The number of anilines is 1. The molecule has 0 saturated carbocycles. The highest BCUT2D eigenvalue weighted by atomic mass is 16.5. The van der Waals surface area contributed by atoms with Crippen LogP contribution in [0.3, 0.4) is 0 Å². The standard InChI is InChI=1S/C25H29N3O3/c1-5-20-13-10-14-21(6-2)24(20)26-22(29)16-31-25(30)23-17(3)27-28(18(23)4)15-19-11-8-7-9-12-19/h7-14H,5-6,15-16H2,1-4H3,(H,26,29). The number of nitrogens with zero attached hydrogens (tertiary/aromatic N) is 2. The third kappa shape index (κ3) is 5.20. The highest BCUT2D eigenvalue weighted by Crippen LogP contribution is 2.22. The molecule has 6 heteroatoms. The summed E-state index contributed by atoms with van der Waals surface area (Å²) in [5.41, 5.74) is 5.75. The zero-order chi connectivity index (χ0) is 22.4. The molecule has 0 unspecified atom stereocenters. The van der Waals surface area contributed by atoms with E-state index in [2.05, 4.69) is 10.4 Å². The third-order valence-corrected chi connectivity index (χ3v) is 5.36. The van der Waals surface area contributed by atoms with Crippen LogP contribution in [0.2, 0.25) is 0 Å². The molecule has 1 heterocycles. The van der Waals surface area contributed by atoms with Gasteiger partial charge in [0.25, 0.3) is 5.91 Å². The van der Waals surface area contributed by atoms with Crippen LogP contribution in [-0.4, -0.2) is 28.3 Å². The highest BCUT2D eigenvalue weighted by Gasteiger charge is 2.21. The number of aryl methyl sites for hydroxylation is 3. The zero-order valence-electron chi connectivity index (χ0n) is 18.6. The number of carbonyl (C=O) groups is 2. The predicted octanol–water partition coefficient (Wildman–Crippen LogP) is 4.47. The van der Waals surface area contributed by atoms with Gasteiger partial charge in [-0.3, -0.25) is 9.48 Å². The van der Waals surface area contributed by atoms with Crippen molar-refractivity contribution in [2.24, 2.45) is 0 Å². The van der Waals surface area contributed by atoms with E-state index in [-0.39, 0.29) is 12.5 Å². The molecule has 0 aliphatic rings. The number of hydrogen-bond acceptors (Lipinski definition) is 4. The molecule has 1 amide bonds. The van der Waals surface area contributed by atoms with Crippen LogP contribution in [0, 0.1) is 13.8 Å². The molecule has 0 spiro atoms. The third-order valence-electron chi connectivity index (χ3n) is 5.36. The number of para-hydroxylation sites is 1. The molecule has 31 heavy (non-hydrogen) atoms. The van der Waals surface area contributed by atoms with Gasteiger partial charge in [0.15, 0.2) is 6.61 Å². The molecule has 6 nitrogen and oxygen atoms in total. The predicted molar refractivity (Wildman–Crippen MR) is 121 cm³/mol. The number of aromatic nitrogens is 2. The van der Waals surface area contributed by atoms with Crippen LogP contribution >= 0.6 is 0 Å². The molecule has 3 aromatic rings. The number of hydrogen-bond donors (Lipinski definition) is 1. The van der Waals surface area contributed by atoms with E-state index in [1.54, 1.807) is 11.6 Å². The van der Waals surface area contributed by atoms with E-state index >= 15 is 0 Å². The van der Waals surface area contributed by atoms with Gasteiger partial charge in [-0.2, -0.15) is 5.10 Å². The molecular weight excluding hydrogens is 390 g/mol. The van der Waals surface area contributed by atoms with Crippen molar-refractivity contribution in [3.63, 3.8) is 0 Å². The molecule has 0 saturated heterocycles. The van der Waals surface area contributed by atoms with Gasteiger partial charge in [-0.1, -0.05) is 62.4 Å².